The van der Waals surface area contributed by atoms with Crippen LogP contribution in [0.25, 0.3) is 0 Å². The second-order valence-electron chi connectivity index (χ2n) is 2.28. The molecule has 0 aliphatic heterocycles. The van der Waals surface area contributed by atoms with Crippen molar-refractivity contribution in [2.45, 2.75) is 25.9 Å². The Bertz CT molecular complexity index is 51.8. The first kappa shape index (κ1) is 10.2. The third-order valence-corrected chi connectivity index (χ3v) is 20.2. The molecule has 0 aromatic carbocycles. The van der Waals surface area contributed by atoms with Crippen molar-refractivity contribution in [3.8, 4) is 0 Å². The average molecular weight is 331 g/mol. The Morgan fingerprint density at radius 2 is 1.33 bits per heavy atom. The van der Waals surface area contributed by atoms with Gasteiger partial charge in [0.05, 0.1) is 0 Å². The van der Waals surface area contributed by atoms with Crippen LogP contribution in [0.1, 0.15) is 20.8 Å². The zero-order valence-electron chi connectivity index (χ0n) is 6.92. The molecule has 0 saturated heterocycles. The van der Waals surface area contributed by atoms with Gasteiger partial charge in [0.1, 0.15) is 0 Å². The second-order valence-corrected chi connectivity index (χ2v) is 17.0. The quantitative estimate of drug-likeness (QED) is 0.549. The van der Waals surface area contributed by atoms with Gasteiger partial charge in [-0.15, -0.1) is 0 Å². The summed E-state index contributed by atoms with van der Waals surface area (Å²) in [6.45, 7) is 7.16. The Morgan fingerprint density at radius 3 is 1.33 bits per heavy atom. The molecular formula is C7H19AuP. The summed E-state index contributed by atoms with van der Waals surface area (Å²) in [5.74, 6) is 0. The minimum atomic E-state index is -0.594. The molecule has 63 valence electrons. The first-order chi connectivity index (χ1) is 4.24. The number of hydrogen-bond acceptors (Lipinski definition) is 0. The third-order valence-electron chi connectivity index (χ3n) is 2.14. The van der Waals surface area contributed by atoms with Crippen LogP contribution in [-0.4, -0.2) is 18.5 Å². The molecule has 0 aliphatic carbocycles. The van der Waals surface area contributed by atoms with Gasteiger partial charge in [0.15, 0.2) is 0 Å². The van der Waals surface area contributed by atoms with Crippen LogP contribution >= 0.6 is 5.15 Å². The van der Waals surface area contributed by atoms with Crippen molar-refractivity contribution in [1.82, 2.24) is 0 Å². The Morgan fingerprint density at radius 1 is 1.00 bits per heavy atom. The molecule has 0 atom stereocenters. The summed E-state index contributed by atoms with van der Waals surface area (Å²) in [5.41, 5.74) is 0. The molecule has 0 fully saturated rings. The van der Waals surface area contributed by atoms with Crippen LogP contribution in [0.2, 0.25) is 5.14 Å². The summed E-state index contributed by atoms with van der Waals surface area (Å²) < 4.78 is 0. The van der Waals surface area contributed by atoms with E-state index < -0.39 is 5.15 Å². The van der Waals surface area contributed by atoms with Crippen LogP contribution in [0.4, 0.5) is 0 Å². The van der Waals surface area contributed by atoms with Crippen molar-refractivity contribution >= 4 is 5.15 Å². The molecule has 9 heavy (non-hydrogen) atoms. The van der Waals surface area contributed by atoms with E-state index in [9.17, 15) is 0 Å². The Balaban J connectivity index is 3.82. The number of hydrogen-bond donors (Lipinski definition) is 0. The standard InChI is InChI=1S/C6H15P.CH3.Au/c1-4-7(5-2)6-3;;/h4-6H2,1-3H3;1H3;/q;;-1/p+1. The molecule has 0 aromatic rings. The van der Waals surface area contributed by atoms with Gasteiger partial charge in [0.2, 0.25) is 0 Å². The van der Waals surface area contributed by atoms with Crippen LogP contribution in [0.5, 0.6) is 0 Å². The molecule has 0 heterocycles. The third kappa shape index (κ3) is 2.72. The minimum absolute atomic E-state index is 0.594. The molecule has 0 nitrogen and oxygen atoms in total. The summed E-state index contributed by atoms with van der Waals surface area (Å²) in [7, 11) is 0. The zero-order chi connectivity index (χ0) is 7.33. The van der Waals surface area contributed by atoms with Crippen LogP contribution in [0, 0.1) is 0 Å². The van der Waals surface area contributed by atoms with Gasteiger partial charge in [0, 0.05) is 0 Å². The van der Waals surface area contributed by atoms with Gasteiger partial charge in [-0.05, 0) is 0 Å². The molecule has 2 heteroatoms. The maximum atomic E-state index is 2.46. The summed E-state index contributed by atoms with van der Waals surface area (Å²) >= 11 is 0.697. The second kappa shape index (κ2) is 4.91. The van der Waals surface area contributed by atoms with Crippen molar-refractivity contribution in [3.05, 3.63) is 0 Å². The fourth-order valence-corrected chi connectivity index (χ4v) is 10.1. The first-order valence-electron chi connectivity index (χ1n) is 3.63. The molecule has 0 radical (unpaired) electrons. The molecule has 0 saturated carbocycles. The molecule has 0 aliphatic rings. The zero-order valence-corrected chi connectivity index (χ0v) is 10.1. The van der Waals surface area contributed by atoms with E-state index >= 15 is 0 Å². The Hall–Kier alpha value is 1.17. The van der Waals surface area contributed by atoms with E-state index in [2.05, 4.69) is 25.9 Å². The van der Waals surface area contributed by atoms with E-state index in [1.54, 1.807) is 0 Å². The fourth-order valence-electron chi connectivity index (χ4n) is 1.07. The van der Waals surface area contributed by atoms with Gasteiger partial charge < -0.3 is 0 Å². The van der Waals surface area contributed by atoms with Crippen LogP contribution in [0.3, 0.4) is 0 Å². The molecule has 0 amide bonds. The van der Waals surface area contributed by atoms with Crippen molar-refractivity contribution < 1.29 is 19.2 Å². The summed E-state index contributed by atoms with van der Waals surface area (Å²) in [4.78, 5) is 0. The van der Waals surface area contributed by atoms with E-state index in [0.29, 0.717) is 19.2 Å². The normalized spacial score (nSPS) is 14.2. The topological polar surface area (TPSA) is 0 Å². The SMILES string of the molecule is CC[PH](CC)(CC)[Au][CH3]. The van der Waals surface area contributed by atoms with E-state index in [-0.39, 0.29) is 0 Å². The van der Waals surface area contributed by atoms with Gasteiger partial charge in [-0.1, -0.05) is 0 Å². The van der Waals surface area contributed by atoms with Gasteiger partial charge in [-0.25, -0.2) is 0 Å². The van der Waals surface area contributed by atoms with Gasteiger partial charge >= 0.3 is 68.8 Å². The van der Waals surface area contributed by atoms with Crippen molar-refractivity contribution in [2.75, 3.05) is 18.5 Å². The van der Waals surface area contributed by atoms with E-state index in [4.69, 9.17) is 0 Å². The van der Waals surface area contributed by atoms with Crippen molar-refractivity contribution in [2.24, 2.45) is 0 Å². The molecule has 0 spiro atoms. The predicted octanol–water partition coefficient (Wildman–Crippen LogP) is 2.84. The molecule has 0 N–H and O–H groups in total. The molecule has 0 bridgehead atoms. The Kier molecular flexibility index (Phi) is 5.54. The van der Waals surface area contributed by atoms with Gasteiger partial charge in [-0.3, -0.25) is 0 Å². The summed E-state index contributed by atoms with van der Waals surface area (Å²) in [6, 6.07) is 0. The van der Waals surface area contributed by atoms with Crippen LogP contribution < -0.4 is 0 Å². The monoisotopic (exact) mass is 331 g/mol. The van der Waals surface area contributed by atoms with E-state index in [1.165, 1.54) is 18.5 Å². The van der Waals surface area contributed by atoms with Gasteiger partial charge in [0.25, 0.3) is 0 Å². The predicted molar refractivity (Wildman–Crippen MR) is 45.8 cm³/mol. The van der Waals surface area contributed by atoms with Crippen LogP contribution in [-0.2, 0) is 19.2 Å². The van der Waals surface area contributed by atoms with E-state index in [1.807, 2.05) is 0 Å². The van der Waals surface area contributed by atoms with Crippen molar-refractivity contribution in [3.63, 3.8) is 0 Å². The molecule has 0 rings (SSSR count). The van der Waals surface area contributed by atoms with Gasteiger partial charge in [-0.2, -0.15) is 0 Å². The number of rotatable bonds is 4. The maximum absolute atomic E-state index is 2.46. The summed E-state index contributed by atoms with van der Waals surface area (Å²) in [5, 5.41) is 1.87. The average Bonchev–Trinajstić information content (AvgIpc) is 1.95. The first-order valence-corrected chi connectivity index (χ1v) is 11.5. The summed E-state index contributed by atoms with van der Waals surface area (Å²) in [6.07, 6.45) is 4.58. The Labute approximate surface area is 68.9 Å². The molecule has 0 unspecified atom stereocenters. The van der Waals surface area contributed by atoms with Crippen LogP contribution in [0.15, 0.2) is 0 Å². The fraction of sp³-hybridized carbons (Fsp3) is 1.00. The van der Waals surface area contributed by atoms with E-state index in [0.717, 1.165) is 0 Å². The van der Waals surface area contributed by atoms with Crippen molar-refractivity contribution in [1.29, 1.82) is 0 Å². The molecule has 0 aromatic heterocycles. The molecular weight excluding hydrogens is 312 g/mol.